The number of aliphatic imine (C=N–C) groups is 1. The second-order valence-electron chi connectivity index (χ2n) is 6.43. The van der Waals surface area contributed by atoms with E-state index >= 15 is 0 Å². The molecule has 3 heterocycles. The van der Waals surface area contributed by atoms with Crippen molar-refractivity contribution < 1.29 is 9.21 Å². The zero-order valence-corrected chi connectivity index (χ0v) is 17.6. The van der Waals surface area contributed by atoms with Crippen molar-refractivity contribution in [1.82, 2.24) is 9.88 Å². The summed E-state index contributed by atoms with van der Waals surface area (Å²) >= 11 is 10.8. The number of pyridine rings is 1. The van der Waals surface area contributed by atoms with E-state index in [4.69, 9.17) is 16.0 Å². The fraction of sp³-hybridized carbons (Fsp3) is 0.316. The molecule has 0 N–H and O–H groups in total. The van der Waals surface area contributed by atoms with Crippen molar-refractivity contribution in [2.24, 2.45) is 4.99 Å². The Balaban J connectivity index is 1.71. The molecule has 0 bridgehead atoms. The standard InChI is InChI=1S/C19H17BrClN3O2S/c20-16-9-8-13(26-16)11-15-18(25)24(12-5-2-1-3-6-12)19(27-15)23-14-7-4-10-22-17(14)21/h4,7-12H,1-3,5-6H2/b15-11+,23-19?. The van der Waals surface area contributed by atoms with Crippen molar-refractivity contribution in [3.8, 4) is 0 Å². The van der Waals surface area contributed by atoms with Crippen LogP contribution in [0.3, 0.4) is 0 Å². The smallest absolute Gasteiger partial charge is 0.267 e. The van der Waals surface area contributed by atoms with Gasteiger partial charge in [0.1, 0.15) is 11.4 Å². The summed E-state index contributed by atoms with van der Waals surface area (Å²) in [6.45, 7) is 0. The van der Waals surface area contributed by atoms with Gasteiger partial charge in [-0.05, 0) is 64.8 Å². The minimum Gasteiger partial charge on any atom is -0.450 e. The van der Waals surface area contributed by atoms with E-state index in [1.54, 1.807) is 30.5 Å². The first-order valence-electron chi connectivity index (χ1n) is 8.79. The van der Waals surface area contributed by atoms with Gasteiger partial charge >= 0.3 is 0 Å². The number of hydrogen-bond acceptors (Lipinski definition) is 5. The van der Waals surface area contributed by atoms with E-state index in [-0.39, 0.29) is 11.9 Å². The van der Waals surface area contributed by atoms with Gasteiger partial charge in [0.05, 0.1) is 4.91 Å². The summed E-state index contributed by atoms with van der Waals surface area (Å²) < 4.78 is 6.16. The number of nitrogens with zero attached hydrogens (tertiary/aromatic N) is 3. The first kappa shape index (κ1) is 18.8. The van der Waals surface area contributed by atoms with E-state index in [1.165, 1.54) is 18.2 Å². The summed E-state index contributed by atoms with van der Waals surface area (Å²) in [5, 5.41) is 0.979. The van der Waals surface area contributed by atoms with E-state index in [2.05, 4.69) is 25.9 Å². The van der Waals surface area contributed by atoms with Crippen LogP contribution in [0.15, 0.2) is 49.4 Å². The van der Waals surface area contributed by atoms with Gasteiger partial charge in [-0.15, -0.1) is 0 Å². The molecule has 0 radical (unpaired) electrons. The van der Waals surface area contributed by atoms with Gasteiger partial charge in [0, 0.05) is 18.3 Å². The molecule has 2 aliphatic rings. The minimum absolute atomic E-state index is 0.0295. The quantitative estimate of drug-likeness (QED) is 0.409. The van der Waals surface area contributed by atoms with Crippen LogP contribution < -0.4 is 0 Å². The average molecular weight is 467 g/mol. The SMILES string of the molecule is O=C1/C(=C\c2ccc(Br)o2)SC(=Nc2cccnc2Cl)N1C1CCCCC1. The van der Waals surface area contributed by atoms with Crippen LogP contribution in [-0.4, -0.2) is 27.0 Å². The van der Waals surface area contributed by atoms with Gasteiger partial charge in [-0.3, -0.25) is 9.69 Å². The van der Waals surface area contributed by atoms with Crippen molar-refractivity contribution in [2.45, 2.75) is 38.1 Å². The number of hydrogen-bond donors (Lipinski definition) is 0. The third-order valence-corrected chi connectivity index (χ3v) is 6.30. The highest BCUT2D eigenvalue weighted by Crippen LogP contribution is 2.39. The molecule has 1 amide bonds. The summed E-state index contributed by atoms with van der Waals surface area (Å²) in [5.74, 6) is 0.597. The Morgan fingerprint density at radius 3 is 2.81 bits per heavy atom. The maximum atomic E-state index is 13.2. The Morgan fingerprint density at radius 2 is 2.11 bits per heavy atom. The zero-order chi connectivity index (χ0) is 18.8. The molecule has 5 nitrogen and oxygen atoms in total. The molecule has 1 aliphatic heterocycles. The van der Waals surface area contributed by atoms with Gasteiger partial charge in [-0.2, -0.15) is 0 Å². The monoisotopic (exact) mass is 465 g/mol. The number of rotatable bonds is 3. The number of carbonyl (C=O) groups excluding carboxylic acids is 1. The Hall–Kier alpha value is -1.57. The molecular formula is C19H17BrClN3O2S. The molecule has 0 aromatic carbocycles. The number of aromatic nitrogens is 1. The van der Waals surface area contributed by atoms with Crippen LogP contribution in [0.2, 0.25) is 5.15 Å². The van der Waals surface area contributed by atoms with Crippen LogP contribution >= 0.6 is 39.3 Å². The molecule has 2 aromatic heterocycles. The molecule has 4 rings (SSSR count). The molecule has 0 unspecified atom stereocenters. The van der Waals surface area contributed by atoms with Crippen molar-refractivity contribution in [3.05, 3.63) is 51.0 Å². The molecule has 0 spiro atoms. The van der Waals surface area contributed by atoms with Gasteiger partial charge in [-0.1, -0.05) is 30.9 Å². The number of halogens is 2. The molecule has 27 heavy (non-hydrogen) atoms. The maximum Gasteiger partial charge on any atom is 0.267 e. The average Bonchev–Trinajstić information content (AvgIpc) is 3.21. The number of carbonyl (C=O) groups is 1. The number of furan rings is 1. The van der Waals surface area contributed by atoms with E-state index in [9.17, 15) is 4.79 Å². The molecule has 8 heteroatoms. The minimum atomic E-state index is -0.0295. The highest BCUT2D eigenvalue weighted by Gasteiger charge is 2.39. The Bertz CT molecular complexity index is 921. The van der Waals surface area contributed by atoms with Gasteiger partial charge in [-0.25, -0.2) is 9.98 Å². The van der Waals surface area contributed by atoms with Crippen LogP contribution in [0.25, 0.3) is 6.08 Å². The maximum absolute atomic E-state index is 13.2. The molecule has 1 aliphatic carbocycles. The van der Waals surface area contributed by atoms with Crippen molar-refractivity contribution in [3.63, 3.8) is 0 Å². The summed E-state index contributed by atoms with van der Waals surface area (Å²) in [6, 6.07) is 7.39. The number of amides is 1. The fourth-order valence-corrected chi connectivity index (χ4v) is 4.84. The highest BCUT2D eigenvalue weighted by molar-refractivity contribution is 9.10. The van der Waals surface area contributed by atoms with Crippen LogP contribution in [0.4, 0.5) is 5.69 Å². The lowest BCUT2D eigenvalue weighted by atomic mass is 9.94. The summed E-state index contributed by atoms with van der Waals surface area (Å²) in [7, 11) is 0. The molecule has 140 valence electrons. The summed E-state index contributed by atoms with van der Waals surface area (Å²) in [6.07, 6.45) is 8.85. The highest BCUT2D eigenvalue weighted by atomic mass is 79.9. The Kier molecular flexibility index (Phi) is 5.71. The molecule has 0 atom stereocenters. The number of amidine groups is 1. The fourth-order valence-electron chi connectivity index (χ4n) is 3.32. The van der Waals surface area contributed by atoms with E-state index < -0.39 is 0 Å². The Labute approximate surface area is 175 Å². The van der Waals surface area contributed by atoms with E-state index in [0.29, 0.717) is 31.3 Å². The van der Waals surface area contributed by atoms with Gasteiger partial charge in [0.15, 0.2) is 15.0 Å². The predicted molar refractivity (Wildman–Crippen MR) is 112 cm³/mol. The van der Waals surface area contributed by atoms with Crippen LogP contribution in [0, 0.1) is 0 Å². The zero-order valence-electron chi connectivity index (χ0n) is 14.4. The first-order chi connectivity index (χ1) is 13.1. The van der Waals surface area contributed by atoms with Crippen LogP contribution in [0.5, 0.6) is 0 Å². The second kappa shape index (κ2) is 8.20. The largest absolute Gasteiger partial charge is 0.450 e. The molecular weight excluding hydrogens is 450 g/mol. The molecule has 1 saturated heterocycles. The van der Waals surface area contributed by atoms with E-state index in [1.807, 2.05) is 11.0 Å². The predicted octanol–water partition coefficient (Wildman–Crippen LogP) is 6.03. The van der Waals surface area contributed by atoms with Gasteiger partial charge < -0.3 is 4.42 Å². The summed E-state index contributed by atoms with van der Waals surface area (Å²) in [4.78, 5) is 24.3. The van der Waals surface area contributed by atoms with Crippen LogP contribution in [-0.2, 0) is 4.79 Å². The first-order valence-corrected chi connectivity index (χ1v) is 10.8. The van der Waals surface area contributed by atoms with Crippen LogP contribution in [0.1, 0.15) is 37.9 Å². The molecule has 2 aromatic rings. The molecule has 2 fully saturated rings. The third kappa shape index (κ3) is 4.15. The van der Waals surface area contributed by atoms with Crippen molar-refractivity contribution in [1.29, 1.82) is 0 Å². The van der Waals surface area contributed by atoms with Gasteiger partial charge in [0.2, 0.25) is 0 Å². The van der Waals surface area contributed by atoms with Gasteiger partial charge in [0.25, 0.3) is 5.91 Å². The lowest BCUT2D eigenvalue weighted by Gasteiger charge is -2.30. The lowest BCUT2D eigenvalue weighted by Crippen LogP contribution is -2.40. The lowest BCUT2D eigenvalue weighted by molar-refractivity contribution is -0.124. The third-order valence-electron chi connectivity index (χ3n) is 4.60. The summed E-state index contributed by atoms with van der Waals surface area (Å²) in [5.41, 5.74) is 0.567. The normalized spacial score (nSPS) is 21.6. The van der Waals surface area contributed by atoms with Crippen molar-refractivity contribution >= 4 is 62.1 Å². The topological polar surface area (TPSA) is 58.7 Å². The number of thioether (sulfide) groups is 1. The van der Waals surface area contributed by atoms with Crippen molar-refractivity contribution in [2.75, 3.05) is 0 Å². The van der Waals surface area contributed by atoms with E-state index in [0.717, 1.165) is 25.7 Å². The Morgan fingerprint density at radius 1 is 1.30 bits per heavy atom. The molecule has 1 saturated carbocycles. The second-order valence-corrected chi connectivity index (χ2v) is 8.58.